The molecular formula is C14H21N3O4. The Labute approximate surface area is 122 Å². The Morgan fingerprint density at radius 1 is 1.33 bits per heavy atom. The predicted octanol–water partition coefficient (Wildman–Crippen LogP) is -0.0920. The molecule has 116 valence electrons. The summed E-state index contributed by atoms with van der Waals surface area (Å²) in [5.74, 6) is -0.0598. The summed E-state index contributed by atoms with van der Waals surface area (Å²) in [4.78, 5) is 38.9. The van der Waals surface area contributed by atoms with E-state index in [-0.39, 0.29) is 18.2 Å². The van der Waals surface area contributed by atoms with E-state index in [1.165, 1.54) is 12.2 Å². The van der Waals surface area contributed by atoms with Crippen LogP contribution >= 0.6 is 0 Å². The quantitative estimate of drug-likeness (QED) is 0.549. The number of carbonyl (C=O) groups excluding carboxylic acids is 1. The molecule has 7 nitrogen and oxygen atoms in total. The van der Waals surface area contributed by atoms with Crippen LogP contribution in [0.5, 0.6) is 0 Å². The molecule has 0 bridgehead atoms. The zero-order valence-electron chi connectivity index (χ0n) is 12.4. The molecule has 0 saturated heterocycles. The van der Waals surface area contributed by atoms with Crippen LogP contribution in [0.15, 0.2) is 15.7 Å². The van der Waals surface area contributed by atoms with Gasteiger partial charge in [0.05, 0.1) is 18.2 Å². The van der Waals surface area contributed by atoms with E-state index in [4.69, 9.17) is 0 Å². The Bertz CT molecular complexity index is 628. The fraction of sp³-hybridized carbons (Fsp3) is 0.500. The van der Waals surface area contributed by atoms with Crippen LogP contribution < -0.4 is 16.6 Å². The average molecular weight is 295 g/mol. The summed E-state index contributed by atoms with van der Waals surface area (Å²) in [6.07, 6.45) is 3.20. The van der Waals surface area contributed by atoms with Gasteiger partial charge in [0.25, 0.3) is 5.56 Å². The van der Waals surface area contributed by atoms with E-state index in [0.29, 0.717) is 18.0 Å². The number of aliphatic hydroxyl groups is 1. The van der Waals surface area contributed by atoms with Crippen molar-refractivity contribution >= 4 is 12.0 Å². The highest BCUT2D eigenvalue weighted by molar-refractivity contribution is 5.91. The number of hydrogen-bond acceptors (Lipinski definition) is 4. The van der Waals surface area contributed by atoms with Crippen molar-refractivity contribution in [3.63, 3.8) is 0 Å². The molecule has 0 aliphatic heterocycles. The van der Waals surface area contributed by atoms with Crippen LogP contribution in [-0.2, 0) is 4.79 Å². The molecule has 0 unspecified atom stereocenters. The van der Waals surface area contributed by atoms with Gasteiger partial charge in [-0.2, -0.15) is 0 Å². The number of aliphatic hydroxyl groups excluding tert-OH is 1. The molecule has 7 heteroatoms. The molecule has 1 atom stereocenters. The predicted molar refractivity (Wildman–Crippen MR) is 79.9 cm³/mol. The third-order valence-electron chi connectivity index (χ3n) is 2.90. The van der Waals surface area contributed by atoms with Crippen molar-refractivity contribution in [2.75, 3.05) is 6.61 Å². The van der Waals surface area contributed by atoms with E-state index in [2.05, 4.69) is 15.3 Å². The number of aromatic nitrogens is 2. The summed E-state index contributed by atoms with van der Waals surface area (Å²) in [6, 6.07) is -0.322. The number of aromatic amines is 2. The maximum atomic E-state index is 11.8. The van der Waals surface area contributed by atoms with E-state index in [1.54, 1.807) is 6.92 Å². The zero-order valence-corrected chi connectivity index (χ0v) is 12.4. The van der Waals surface area contributed by atoms with Crippen LogP contribution in [0.25, 0.3) is 6.08 Å². The van der Waals surface area contributed by atoms with Gasteiger partial charge in [0.2, 0.25) is 5.91 Å². The first-order valence-corrected chi connectivity index (χ1v) is 6.76. The van der Waals surface area contributed by atoms with Gasteiger partial charge in [-0.25, -0.2) is 4.79 Å². The van der Waals surface area contributed by atoms with Gasteiger partial charge in [-0.15, -0.1) is 0 Å². The van der Waals surface area contributed by atoms with Crippen LogP contribution in [0.3, 0.4) is 0 Å². The van der Waals surface area contributed by atoms with Gasteiger partial charge in [-0.3, -0.25) is 14.6 Å². The summed E-state index contributed by atoms with van der Waals surface area (Å²) in [5.41, 5.74) is -0.541. The maximum absolute atomic E-state index is 11.8. The van der Waals surface area contributed by atoms with Crippen molar-refractivity contribution in [3.05, 3.63) is 38.2 Å². The monoisotopic (exact) mass is 295 g/mol. The first-order valence-electron chi connectivity index (χ1n) is 6.76. The number of H-pyrrole nitrogens is 2. The van der Waals surface area contributed by atoms with Gasteiger partial charge in [-0.05, 0) is 25.3 Å². The molecule has 0 spiro atoms. The molecular weight excluding hydrogens is 274 g/mol. The molecule has 0 aromatic carbocycles. The first-order chi connectivity index (χ1) is 9.83. The van der Waals surface area contributed by atoms with Crippen LogP contribution in [-0.4, -0.2) is 33.6 Å². The van der Waals surface area contributed by atoms with E-state index < -0.39 is 17.2 Å². The number of aryl methyl sites for hydroxylation is 1. The van der Waals surface area contributed by atoms with Crippen LogP contribution in [0, 0.1) is 12.8 Å². The topological polar surface area (TPSA) is 115 Å². The second-order valence-corrected chi connectivity index (χ2v) is 5.30. The normalized spacial score (nSPS) is 12.8. The van der Waals surface area contributed by atoms with Gasteiger partial charge >= 0.3 is 5.69 Å². The molecule has 1 heterocycles. The Hall–Kier alpha value is -2.15. The van der Waals surface area contributed by atoms with Gasteiger partial charge in [0, 0.05) is 11.8 Å². The minimum Gasteiger partial charge on any atom is -0.394 e. The number of hydrogen-bond donors (Lipinski definition) is 4. The number of carbonyl (C=O) groups is 1. The minimum absolute atomic E-state index is 0.143. The van der Waals surface area contributed by atoms with Crippen molar-refractivity contribution in [1.82, 2.24) is 15.3 Å². The van der Waals surface area contributed by atoms with Crippen LogP contribution in [0.2, 0.25) is 0 Å². The summed E-state index contributed by atoms with van der Waals surface area (Å²) < 4.78 is 0. The third-order valence-corrected chi connectivity index (χ3v) is 2.90. The summed E-state index contributed by atoms with van der Waals surface area (Å²) >= 11 is 0. The Balaban J connectivity index is 2.79. The highest BCUT2D eigenvalue weighted by Crippen LogP contribution is 2.04. The molecule has 0 aliphatic rings. The molecule has 0 radical (unpaired) electrons. The SMILES string of the molecule is Cc1[nH]c(=O)[nH]c(=O)c1/C=C\C(=O)N[C@@H](CO)CC(C)C. The lowest BCUT2D eigenvalue weighted by Gasteiger charge is -2.17. The molecule has 1 aromatic heterocycles. The van der Waals surface area contributed by atoms with Gasteiger partial charge in [-0.1, -0.05) is 13.8 Å². The summed E-state index contributed by atoms with van der Waals surface area (Å²) in [7, 11) is 0. The van der Waals surface area contributed by atoms with E-state index >= 15 is 0 Å². The molecule has 0 aliphatic carbocycles. The smallest absolute Gasteiger partial charge is 0.325 e. The van der Waals surface area contributed by atoms with Gasteiger partial charge in [0.1, 0.15) is 0 Å². The molecule has 1 aromatic rings. The van der Waals surface area contributed by atoms with Gasteiger partial charge < -0.3 is 15.4 Å². The maximum Gasteiger partial charge on any atom is 0.325 e. The minimum atomic E-state index is -0.587. The lowest BCUT2D eigenvalue weighted by molar-refractivity contribution is -0.117. The molecule has 21 heavy (non-hydrogen) atoms. The standard InChI is InChI=1S/C14H21N3O4/c1-8(2)6-10(7-18)16-12(19)5-4-11-9(3)15-14(21)17-13(11)20/h4-5,8,10,18H,6-7H2,1-3H3,(H,16,19)(H2,15,17,20,21)/b5-4-/t10-/m1/s1. The largest absolute Gasteiger partial charge is 0.394 e. The highest BCUT2D eigenvalue weighted by Gasteiger charge is 2.11. The fourth-order valence-electron chi connectivity index (χ4n) is 1.97. The Morgan fingerprint density at radius 3 is 2.52 bits per heavy atom. The summed E-state index contributed by atoms with van der Waals surface area (Å²) in [6.45, 7) is 5.42. The van der Waals surface area contributed by atoms with Crippen molar-refractivity contribution in [2.24, 2.45) is 5.92 Å². The summed E-state index contributed by atoms with van der Waals surface area (Å²) in [5, 5.41) is 11.9. The molecule has 0 saturated carbocycles. The lowest BCUT2D eigenvalue weighted by Crippen LogP contribution is -2.37. The second-order valence-electron chi connectivity index (χ2n) is 5.30. The van der Waals surface area contributed by atoms with Gasteiger partial charge in [0.15, 0.2) is 0 Å². The molecule has 4 N–H and O–H groups in total. The average Bonchev–Trinajstić information content (AvgIpc) is 2.35. The third kappa shape index (κ3) is 5.39. The number of nitrogens with one attached hydrogen (secondary N) is 3. The lowest BCUT2D eigenvalue weighted by atomic mass is 10.0. The van der Waals surface area contributed by atoms with Crippen molar-refractivity contribution in [2.45, 2.75) is 33.2 Å². The van der Waals surface area contributed by atoms with E-state index in [1.807, 2.05) is 13.8 Å². The number of rotatable bonds is 6. The van der Waals surface area contributed by atoms with E-state index in [9.17, 15) is 19.5 Å². The highest BCUT2D eigenvalue weighted by atomic mass is 16.3. The van der Waals surface area contributed by atoms with Crippen LogP contribution in [0.1, 0.15) is 31.5 Å². The van der Waals surface area contributed by atoms with Crippen molar-refractivity contribution < 1.29 is 9.90 Å². The molecule has 1 rings (SSSR count). The Morgan fingerprint density at radius 2 is 2.00 bits per heavy atom. The first kappa shape index (κ1) is 16.9. The second kappa shape index (κ2) is 7.58. The van der Waals surface area contributed by atoms with E-state index in [0.717, 1.165) is 0 Å². The van der Waals surface area contributed by atoms with Crippen molar-refractivity contribution in [1.29, 1.82) is 0 Å². The van der Waals surface area contributed by atoms with Crippen LogP contribution in [0.4, 0.5) is 0 Å². The number of amides is 1. The fourth-order valence-corrected chi connectivity index (χ4v) is 1.97. The zero-order chi connectivity index (χ0) is 16.0. The van der Waals surface area contributed by atoms with Crippen molar-refractivity contribution in [3.8, 4) is 0 Å². The molecule has 1 amide bonds. The Kier molecular flexibility index (Phi) is 6.10. The molecule has 0 fully saturated rings.